The fourth-order valence-electron chi connectivity index (χ4n) is 2.16. The zero-order chi connectivity index (χ0) is 14.2. The van der Waals surface area contributed by atoms with Crippen molar-refractivity contribution < 1.29 is 9.90 Å². The molecule has 0 aromatic heterocycles. The number of carbonyl (C=O) groups is 1. The Balaban J connectivity index is 1.97. The summed E-state index contributed by atoms with van der Waals surface area (Å²) < 4.78 is 0. The van der Waals surface area contributed by atoms with Gasteiger partial charge in [-0.1, -0.05) is 48.6 Å². The van der Waals surface area contributed by atoms with Crippen LogP contribution in [0.15, 0.2) is 59.8 Å². The number of nitrogens with one attached hydrogen (secondary N) is 1. The molecule has 0 spiro atoms. The number of benzene rings is 1. The Morgan fingerprint density at radius 1 is 1.25 bits per heavy atom. The predicted molar refractivity (Wildman–Crippen MR) is 81.1 cm³/mol. The standard InChI is InChI=1S/C17H19NO2/c19-17(20)13-18-16-11-5-10-15(12-16)9-4-8-14-6-2-1-3-7-14/h1-4,6-9,12,18H,5,10-11,13H2,(H,19,20)/b8-4+,15-9-. The molecule has 0 saturated heterocycles. The normalized spacial score (nSPS) is 17.2. The molecule has 104 valence electrons. The molecule has 0 aliphatic heterocycles. The smallest absolute Gasteiger partial charge is 0.322 e. The van der Waals surface area contributed by atoms with Crippen LogP contribution in [0, 0.1) is 0 Å². The van der Waals surface area contributed by atoms with Gasteiger partial charge in [-0.2, -0.15) is 0 Å². The monoisotopic (exact) mass is 269 g/mol. The van der Waals surface area contributed by atoms with Crippen LogP contribution in [0.1, 0.15) is 24.8 Å². The highest BCUT2D eigenvalue weighted by Crippen LogP contribution is 2.20. The minimum atomic E-state index is -0.828. The maximum atomic E-state index is 10.5. The summed E-state index contributed by atoms with van der Waals surface area (Å²) >= 11 is 0. The number of carboxylic acid groups (broad SMARTS) is 1. The van der Waals surface area contributed by atoms with Gasteiger partial charge in [0.2, 0.25) is 0 Å². The second kappa shape index (κ2) is 7.34. The summed E-state index contributed by atoms with van der Waals surface area (Å²) in [5, 5.41) is 11.6. The van der Waals surface area contributed by atoms with Crippen LogP contribution in [0.5, 0.6) is 0 Å². The Kier molecular flexibility index (Phi) is 5.18. The van der Waals surface area contributed by atoms with Crippen molar-refractivity contribution in [2.75, 3.05) is 6.54 Å². The van der Waals surface area contributed by atoms with Crippen molar-refractivity contribution in [1.29, 1.82) is 0 Å². The summed E-state index contributed by atoms with van der Waals surface area (Å²) in [7, 11) is 0. The maximum absolute atomic E-state index is 10.5. The summed E-state index contributed by atoms with van der Waals surface area (Å²) in [4.78, 5) is 10.5. The zero-order valence-electron chi connectivity index (χ0n) is 11.4. The van der Waals surface area contributed by atoms with Crippen molar-refractivity contribution in [3.8, 4) is 0 Å². The lowest BCUT2D eigenvalue weighted by Gasteiger charge is -2.15. The average Bonchev–Trinajstić information content (AvgIpc) is 2.47. The van der Waals surface area contributed by atoms with Gasteiger partial charge >= 0.3 is 5.97 Å². The Labute approximate surface area is 119 Å². The molecule has 0 atom stereocenters. The van der Waals surface area contributed by atoms with Gasteiger partial charge < -0.3 is 10.4 Å². The third kappa shape index (κ3) is 4.76. The molecule has 3 heteroatoms. The first-order chi connectivity index (χ1) is 9.74. The topological polar surface area (TPSA) is 49.3 Å². The lowest BCUT2D eigenvalue weighted by Crippen LogP contribution is -2.23. The van der Waals surface area contributed by atoms with E-state index < -0.39 is 5.97 Å². The van der Waals surface area contributed by atoms with Crippen LogP contribution < -0.4 is 5.32 Å². The highest BCUT2D eigenvalue weighted by Gasteiger charge is 2.07. The van der Waals surface area contributed by atoms with Crippen LogP contribution in [-0.4, -0.2) is 17.6 Å². The molecule has 0 fully saturated rings. The maximum Gasteiger partial charge on any atom is 0.322 e. The van der Waals surface area contributed by atoms with Crippen molar-refractivity contribution in [1.82, 2.24) is 5.32 Å². The third-order valence-electron chi connectivity index (χ3n) is 3.14. The SMILES string of the molecule is O=C(O)CNC1=C/C(=C\C=C\c2ccccc2)CCC1. The van der Waals surface area contributed by atoms with E-state index in [1.807, 2.05) is 24.3 Å². The average molecular weight is 269 g/mol. The second-order valence-corrected chi connectivity index (χ2v) is 4.78. The van der Waals surface area contributed by atoms with E-state index in [2.05, 4.69) is 35.7 Å². The van der Waals surface area contributed by atoms with Gasteiger partial charge in [0.05, 0.1) is 0 Å². The lowest BCUT2D eigenvalue weighted by atomic mass is 9.98. The van der Waals surface area contributed by atoms with E-state index in [4.69, 9.17) is 5.11 Å². The molecule has 2 N–H and O–H groups in total. The molecule has 1 aromatic rings. The van der Waals surface area contributed by atoms with Crippen molar-refractivity contribution in [3.63, 3.8) is 0 Å². The fraction of sp³-hybridized carbons (Fsp3) is 0.235. The molecule has 1 aliphatic rings. The van der Waals surface area contributed by atoms with Crippen molar-refractivity contribution in [2.24, 2.45) is 0 Å². The molecule has 1 aliphatic carbocycles. The minimum absolute atomic E-state index is 0.0149. The van der Waals surface area contributed by atoms with E-state index in [9.17, 15) is 4.79 Å². The number of hydrogen-bond donors (Lipinski definition) is 2. The van der Waals surface area contributed by atoms with E-state index in [0.717, 1.165) is 25.0 Å². The largest absolute Gasteiger partial charge is 0.480 e. The third-order valence-corrected chi connectivity index (χ3v) is 3.14. The minimum Gasteiger partial charge on any atom is -0.480 e. The van der Waals surface area contributed by atoms with E-state index in [-0.39, 0.29) is 6.54 Å². The van der Waals surface area contributed by atoms with E-state index in [1.54, 1.807) is 0 Å². The van der Waals surface area contributed by atoms with Crippen LogP contribution in [0.4, 0.5) is 0 Å². The number of aliphatic carboxylic acids is 1. The molecular formula is C17H19NO2. The van der Waals surface area contributed by atoms with Gasteiger partial charge in [0.15, 0.2) is 0 Å². The predicted octanol–water partition coefficient (Wildman–Crippen LogP) is 3.37. The molecule has 3 nitrogen and oxygen atoms in total. The Morgan fingerprint density at radius 2 is 2.05 bits per heavy atom. The molecule has 20 heavy (non-hydrogen) atoms. The quantitative estimate of drug-likeness (QED) is 0.861. The first-order valence-corrected chi connectivity index (χ1v) is 6.82. The van der Waals surface area contributed by atoms with Crippen LogP contribution in [-0.2, 0) is 4.79 Å². The summed E-state index contributed by atoms with van der Waals surface area (Å²) in [5.74, 6) is -0.828. The first kappa shape index (κ1) is 14.1. The molecule has 0 radical (unpaired) electrons. The molecule has 0 amide bonds. The van der Waals surface area contributed by atoms with Gasteiger partial charge in [-0.15, -0.1) is 0 Å². The molecular weight excluding hydrogens is 250 g/mol. The van der Waals surface area contributed by atoms with Crippen molar-refractivity contribution in [3.05, 3.63) is 65.4 Å². The number of rotatable bonds is 5. The first-order valence-electron chi connectivity index (χ1n) is 6.82. The van der Waals surface area contributed by atoms with E-state index in [1.165, 1.54) is 11.1 Å². The van der Waals surface area contributed by atoms with Crippen molar-refractivity contribution in [2.45, 2.75) is 19.3 Å². The summed E-state index contributed by atoms with van der Waals surface area (Å²) in [5.41, 5.74) is 3.42. The zero-order valence-corrected chi connectivity index (χ0v) is 11.4. The van der Waals surface area contributed by atoms with Crippen LogP contribution in [0.25, 0.3) is 6.08 Å². The number of allylic oxidation sites excluding steroid dienone is 5. The Hall–Kier alpha value is -2.29. The summed E-state index contributed by atoms with van der Waals surface area (Å²) in [6.07, 6.45) is 11.3. The highest BCUT2D eigenvalue weighted by molar-refractivity contribution is 5.69. The molecule has 2 rings (SSSR count). The molecule has 1 aromatic carbocycles. The van der Waals surface area contributed by atoms with Crippen LogP contribution >= 0.6 is 0 Å². The van der Waals surface area contributed by atoms with Gasteiger partial charge in [0.1, 0.15) is 6.54 Å². The molecule has 0 saturated carbocycles. The van der Waals surface area contributed by atoms with Crippen LogP contribution in [0.2, 0.25) is 0 Å². The molecule has 0 heterocycles. The second-order valence-electron chi connectivity index (χ2n) is 4.78. The fourth-order valence-corrected chi connectivity index (χ4v) is 2.16. The van der Waals surface area contributed by atoms with Crippen molar-refractivity contribution >= 4 is 12.0 Å². The number of carboxylic acids is 1. The summed E-state index contributed by atoms with van der Waals surface area (Å²) in [6, 6.07) is 10.2. The lowest BCUT2D eigenvalue weighted by molar-refractivity contribution is -0.135. The van der Waals surface area contributed by atoms with Gasteiger partial charge in [0.25, 0.3) is 0 Å². The van der Waals surface area contributed by atoms with Gasteiger partial charge in [-0.05, 0) is 36.5 Å². The Morgan fingerprint density at radius 3 is 2.80 bits per heavy atom. The van der Waals surface area contributed by atoms with E-state index >= 15 is 0 Å². The van der Waals surface area contributed by atoms with E-state index in [0.29, 0.717) is 0 Å². The van der Waals surface area contributed by atoms with Gasteiger partial charge in [-0.3, -0.25) is 4.79 Å². The molecule has 0 bridgehead atoms. The summed E-state index contributed by atoms with van der Waals surface area (Å²) in [6.45, 7) is -0.0149. The highest BCUT2D eigenvalue weighted by atomic mass is 16.4. The Bertz CT molecular complexity index is 541. The van der Waals surface area contributed by atoms with Gasteiger partial charge in [-0.25, -0.2) is 0 Å². The number of hydrogen-bond acceptors (Lipinski definition) is 2. The van der Waals surface area contributed by atoms with Crippen LogP contribution in [0.3, 0.4) is 0 Å². The molecule has 0 unspecified atom stereocenters. The van der Waals surface area contributed by atoms with Gasteiger partial charge in [0, 0.05) is 5.70 Å².